The first-order valence-corrected chi connectivity index (χ1v) is 21.9. The number of carboxylic acid groups (broad SMARTS) is 1. The van der Waals surface area contributed by atoms with Crippen LogP contribution in [0, 0.1) is 0 Å². The number of rotatable bonds is 12. The Morgan fingerprint density at radius 1 is 0.656 bits per heavy atom. The predicted octanol–water partition coefficient (Wildman–Crippen LogP) is 10.2. The topological polar surface area (TPSA) is 122 Å². The summed E-state index contributed by atoms with van der Waals surface area (Å²) in [5, 5.41) is 8.55. The molecule has 0 aliphatic carbocycles. The first-order chi connectivity index (χ1) is 31.1. The average Bonchev–Trinajstić information content (AvgIpc) is 3.32. The minimum atomic E-state index is -0.918. The fourth-order valence-corrected chi connectivity index (χ4v) is 8.26. The van der Waals surface area contributed by atoms with Gasteiger partial charge in [0.2, 0.25) is 0 Å². The summed E-state index contributed by atoms with van der Waals surface area (Å²) in [7, 11) is 4.00. The number of nitrogens with zero attached hydrogens (tertiary/aromatic N) is 2. The monoisotopic (exact) mass is 857 g/mol. The van der Waals surface area contributed by atoms with Gasteiger partial charge in [0, 0.05) is 0 Å². The molecule has 330 valence electrons. The highest BCUT2D eigenvalue weighted by Gasteiger charge is 2.43. The first kappa shape index (κ1) is 46.8. The van der Waals surface area contributed by atoms with Gasteiger partial charge in [-0.2, -0.15) is 0 Å². The highest BCUT2D eigenvalue weighted by Crippen LogP contribution is 2.42. The van der Waals surface area contributed by atoms with Crippen LogP contribution in [-0.2, 0) is 30.3 Å². The third-order valence-electron chi connectivity index (χ3n) is 11.5. The molecule has 9 nitrogen and oxygen atoms in total. The lowest BCUT2D eigenvalue weighted by molar-refractivity contribution is -0.173. The molecule has 0 aromatic heterocycles. The van der Waals surface area contributed by atoms with Gasteiger partial charge in [-0.15, -0.1) is 0 Å². The van der Waals surface area contributed by atoms with Crippen molar-refractivity contribution >= 4 is 24.0 Å². The summed E-state index contributed by atoms with van der Waals surface area (Å²) >= 11 is 0. The number of ether oxygens (including phenoxy) is 2. The minimum Gasteiger partial charge on any atom is -0.480 e. The molecule has 0 amide bonds. The molecule has 0 saturated carbocycles. The summed E-state index contributed by atoms with van der Waals surface area (Å²) in [4.78, 5) is 39.5. The van der Waals surface area contributed by atoms with E-state index in [2.05, 4.69) is 59.2 Å². The second kappa shape index (κ2) is 23.7. The van der Waals surface area contributed by atoms with E-state index in [0.29, 0.717) is 19.4 Å². The lowest BCUT2D eigenvalue weighted by Gasteiger charge is -2.43. The molecule has 9 heteroatoms. The van der Waals surface area contributed by atoms with Gasteiger partial charge in [0.25, 0.3) is 0 Å². The van der Waals surface area contributed by atoms with Crippen molar-refractivity contribution in [1.29, 1.82) is 0 Å². The van der Waals surface area contributed by atoms with Gasteiger partial charge >= 0.3 is 17.9 Å². The molecule has 2 aliphatic rings. The maximum absolute atomic E-state index is 13.1. The Kier molecular flexibility index (Phi) is 17.3. The molecular weight excluding hydrogens is 799 g/mol. The fourth-order valence-electron chi connectivity index (χ4n) is 8.26. The van der Waals surface area contributed by atoms with E-state index >= 15 is 0 Å². The van der Waals surface area contributed by atoms with Gasteiger partial charge in [-0.1, -0.05) is 194 Å². The smallest absolute Gasteiger partial charge is 0.324 e. The largest absolute Gasteiger partial charge is 0.480 e. The second-order valence-corrected chi connectivity index (χ2v) is 16.3. The number of benzene rings is 6. The molecule has 64 heavy (non-hydrogen) atoms. The third kappa shape index (κ3) is 13.2. The molecule has 2 heterocycles. The standard InChI is InChI=1S/C27H27NO2.C17H17NO2.C11H15NO2/c1-20(18-21-12-6-3-7-13-21)19-24-27(29)30-26(23-16-10-5-11-17-23)25(28(24)2)22-14-8-4-9-15-22;1-18-12-15(19)20-17(14-10-6-3-7-11-14)16(18)13-8-4-2-5-9-13;12-10(11(13)14)8-4-7-9-5-2-1-3-6-9/h3-18,24-26H,19H2,1-2H3;2-11,16-17H,12H2,1H3;1-3,5-6,10H,4,7-8,12H2,(H,13,14)/b20-18+;;/t24?,25-,26+;16-,17+;/m11./s1. The van der Waals surface area contributed by atoms with E-state index in [0.717, 1.165) is 46.2 Å². The Morgan fingerprint density at radius 3 is 1.59 bits per heavy atom. The average molecular weight is 858 g/mol. The molecule has 0 bridgehead atoms. The number of esters is 2. The number of hydrogen-bond donors (Lipinski definition) is 2. The maximum atomic E-state index is 13.1. The number of carboxylic acids is 1. The zero-order valence-corrected chi connectivity index (χ0v) is 36.9. The van der Waals surface area contributed by atoms with Crippen molar-refractivity contribution in [2.75, 3.05) is 20.6 Å². The van der Waals surface area contributed by atoms with Crippen LogP contribution < -0.4 is 5.73 Å². The Balaban J connectivity index is 0.000000173. The van der Waals surface area contributed by atoms with Crippen LogP contribution in [0.15, 0.2) is 188 Å². The number of carbonyl (C=O) groups is 3. The van der Waals surface area contributed by atoms with Gasteiger partial charge in [0.1, 0.15) is 24.3 Å². The van der Waals surface area contributed by atoms with Crippen LogP contribution in [0.25, 0.3) is 6.08 Å². The highest BCUT2D eigenvalue weighted by atomic mass is 16.6. The summed E-state index contributed by atoms with van der Waals surface area (Å²) < 4.78 is 11.7. The third-order valence-corrected chi connectivity index (χ3v) is 11.5. The van der Waals surface area contributed by atoms with E-state index in [9.17, 15) is 14.4 Å². The first-order valence-electron chi connectivity index (χ1n) is 21.9. The van der Waals surface area contributed by atoms with Crippen molar-refractivity contribution in [2.24, 2.45) is 5.73 Å². The molecule has 6 aromatic carbocycles. The number of aliphatic carboxylic acids is 1. The van der Waals surface area contributed by atoms with E-state index in [-0.39, 0.29) is 42.3 Å². The summed E-state index contributed by atoms with van der Waals surface area (Å²) in [5.74, 6) is -1.26. The van der Waals surface area contributed by atoms with Crippen LogP contribution >= 0.6 is 0 Å². The van der Waals surface area contributed by atoms with Crippen LogP contribution in [0.3, 0.4) is 0 Å². The zero-order chi connectivity index (χ0) is 45.3. The number of carbonyl (C=O) groups excluding carboxylic acids is 2. The Labute approximate surface area is 377 Å². The summed E-state index contributed by atoms with van der Waals surface area (Å²) in [6, 6.07) is 59.6. The van der Waals surface area contributed by atoms with Crippen molar-refractivity contribution in [3.63, 3.8) is 0 Å². The number of morpholine rings is 2. The summed E-state index contributed by atoms with van der Waals surface area (Å²) in [5.41, 5.74) is 13.3. The van der Waals surface area contributed by atoms with E-state index in [1.165, 1.54) is 5.56 Å². The summed E-state index contributed by atoms with van der Waals surface area (Å²) in [6.45, 7) is 2.40. The highest BCUT2D eigenvalue weighted by molar-refractivity contribution is 5.78. The lowest BCUT2D eigenvalue weighted by atomic mass is 9.90. The van der Waals surface area contributed by atoms with Crippen LogP contribution in [0.5, 0.6) is 0 Å². The van der Waals surface area contributed by atoms with Crippen LogP contribution in [-0.4, -0.2) is 65.5 Å². The molecule has 0 radical (unpaired) electrons. The lowest BCUT2D eigenvalue weighted by Crippen LogP contribution is -2.49. The van der Waals surface area contributed by atoms with Gasteiger partial charge in [-0.05, 0) is 80.1 Å². The Hall–Kier alpha value is -6.65. The van der Waals surface area contributed by atoms with E-state index in [1.807, 2.05) is 160 Å². The normalized spacial score (nSPS) is 20.6. The van der Waals surface area contributed by atoms with Crippen LogP contribution in [0.4, 0.5) is 0 Å². The minimum absolute atomic E-state index is 0.0409. The van der Waals surface area contributed by atoms with E-state index in [1.54, 1.807) is 0 Å². The maximum Gasteiger partial charge on any atom is 0.324 e. The number of hydrogen-bond acceptors (Lipinski definition) is 8. The van der Waals surface area contributed by atoms with Crippen molar-refractivity contribution in [3.05, 3.63) is 221 Å². The Bertz CT molecular complexity index is 2370. The predicted molar refractivity (Wildman–Crippen MR) is 253 cm³/mol. The van der Waals surface area contributed by atoms with Gasteiger partial charge < -0.3 is 20.3 Å². The SMILES string of the molecule is C/C(=C\c1ccccc1)CC1C(=O)O[C@@H](c2ccccc2)[C@@H](c2ccccc2)N1C.CN1CC(=O)O[C@@H](c2ccccc2)[C@H]1c1ccccc1.NC(CCCc1ccccc1)C(=O)O. The van der Waals surface area contributed by atoms with Crippen molar-refractivity contribution in [1.82, 2.24) is 9.80 Å². The molecule has 2 aliphatic heterocycles. The molecule has 8 rings (SSSR count). The molecule has 3 N–H and O–H groups in total. The molecule has 6 atom stereocenters. The number of likely N-dealkylation sites (N-methyl/N-ethyl adjacent to an activating group) is 2. The number of nitrogens with two attached hydrogens (primary N) is 1. The van der Waals surface area contributed by atoms with Gasteiger partial charge in [-0.25, -0.2) is 0 Å². The fraction of sp³-hybridized carbons (Fsp3) is 0.255. The van der Waals surface area contributed by atoms with Crippen LogP contribution in [0.2, 0.25) is 0 Å². The molecule has 2 unspecified atom stereocenters. The zero-order valence-electron chi connectivity index (χ0n) is 36.9. The number of aryl methyl sites for hydroxylation is 1. The quantitative estimate of drug-likeness (QED) is 0.116. The van der Waals surface area contributed by atoms with Gasteiger partial charge in [0.15, 0.2) is 0 Å². The second-order valence-electron chi connectivity index (χ2n) is 16.3. The van der Waals surface area contributed by atoms with Crippen molar-refractivity contribution < 1.29 is 29.0 Å². The van der Waals surface area contributed by atoms with Crippen molar-refractivity contribution in [3.8, 4) is 0 Å². The molecular formula is C55H59N3O6. The van der Waals surface area contributed by atoms with E-state index in [4.69, 9.17) is 20.3 Å². The molecule has 6 aromatic rings. The summed E-state index contributed by atoms with van der Waals surface area (Å²) in [6.07, 6.45) is 4.42. The molecule has 0 spiro atoms. The van der Waals surface area contributed by atoms with Crippen LogP contribution in [0.1, 0.15) is 83.9 Å². The van der Waals surface area contributed by atoms with Gasteiger partial charge in [0.05, 0.1) is 18.6 Å². The molecule has 2 fully saturated rings. The Morgan fingerprint density at radius 2 is 1.09 bits per heavy atom. The number of cyclic esters (lactones) is 2. The van der Waals surface area contributed by atoms with Crippen molar-refractivity contribution in [2.45, 2.75) is 69.0 Å². The molecule has 2 saturated heterocycles. The van der Waals surface area contributed by atoms with Gasteiger partial charge in [-0.3, -0.25) is 24.2 Å². The van der Waals surface area contributed by atoms with E-state index < -0.39 is 12.0 Å².